The maximum absolute atomic E-state index is 12.9. The fraction of sp³-hybridized carbons (Fsp3) is 0.554. The summed E-state index contributed by atoms with van der Waals surface area (Å²) in [6.45, 7) is 6.30. The zero-order valence-corrected chi connectivity index (χ0v) is 51.0. The molecule has 1 unspecified atom stereocenters. The van der Waals surface area contributed by atoms with Gasteiger partial charge in [0.25, 0.3) is 0 Å². The van der Waals surface area contributed by atoms with Crippen molar-refractivity contribution in [1.82, 2.24) is 0 Å². The lowest BCUT2D eigenvalue weighted by Gasteiger charge is -2.18. The minimum absolute atomic E-state index is 0.124. The molecule has 0 heterocycles. The highest BCUT2D eigenvalue weighted by molar-refractivity contribution is 5.71. The molecule has 0 aromatic heterocycles. The van der Waals surface area contributed by atoms with E-state index in [1.165, 1.54) is 44.9 Å². The Hall–Kier alpha value is -5.49. The van der Waals surface area contributed by atoms with Gasteiger partial charge in [-0.1, -0.05) is 254 Å². The zero-order valence-electron chi connectivity index (χ0n) is 51.0. The molecule has 0 rings (SSSR count). The Morgan fingerprint density at radius 2 is 0.500 bits per heavy atom. The predicted octanol–water partition coefficient (Wildman–Crippen LogP) is 22.0. The Morgan fingerprint density at radius 3 is 0.825 bits per heavy atom. The van der Waals surface area contributed by atoms with Crippen molar-refractivity contribution in [1.29, 1.82) is 0 Å². The molecule has 6 nitrogen and oxygen atoms in total. The summed E-state index contributed by atoms with van der Waals surface area (Å²) in [5.41, 5.74) is 0. The molecule has 446 valence electrons. The summed E-state index contributed by atoms with van der Waals surface area (Å²) < 4.78 is 16.8. The van der Waals surface area contributed by atoms with Crippen molar-refractivity contribution in [3.05, 3.63) is 182 Å². The van der Waals surface area contributed by atoms with Gasteiger partial charge in [0, 0.05) is 19.3 Å². The Balaban J connectivity index is 4.49. The van der Waals surface area contributed by atoms with Crippen LogP contribution in [0.25, 0.3) is 0 Å². The van der Waals surface area contributed by atoms with Gasteiger partial charge in [0.2, 0.25) is 0 Å². The van der Waals surface area contributed by atoms with Crippen molar-refractivity contribution in [2.24, 2.45) is 0 Å². The summed E-state index contributed by atoms with van der Waals surface area (Å²) in [6, 6.07) is 0. The monoisotopic (exact) mass is 1100 g/mol. The lowest BCUT2D eigenvalue weighted by Crippen LogP contribution is -2.30. The molecule has 0 radical (unpaired) electrons. The van der Waals surface area contributed by atoms with Gasteiger partial charge in [-0.2, -0.15) is 0 Å². The second-order valence-corrected chi connectivity index (χ2v) is 20.2. The van der Waals surface area contributed by atoms with Gasteiger partial charge in [-0.25, -0.2) is 0 Å². The second kappa shape index (κ2) is 66.0. The Morgan fingerprint density at radius 1 is 0.263 bits per heavy atom. The van der Waals surface area contributed by atoms with Crippen molar-refractivity contribution < 1.29 is 28.6 Å². The first-order valence-corrected chi connectivity index (χ1v) is 31.8. The number of carbonyl (C=O) groups is 3. The summed E-state index contributed by atoms with van der Waals surface area (Å²) >= 11 is 0. The van der Waals surface area contributed by atoms with Crippen LogP contribution in [0.4, 0.5) is 0 Å². The third kappa shape index (κ3) is 63.3. The van der Waals surface area contributed by atoms with Crippen LogP contribution in [0.3, 0.4) is 0 Å². The molecule has 6 heteroatoms. The van der Waals surface area contributed by atoms with E-state index in [9.17, 15) is 14.4 Å². The Labute approximate surface area is 491 Å². The molecule has 1 atom stereocenters. The highest BCUT2D eigenvalue weighted by atomic mass is 16.6. The number of esters is 3. The van der Waals surface area contributed by atoms with Crippen LogP contribution in [0.2, 0.25) is 0 Å². The summed E-state index contributed by atoms with van der Waals surface area (Å²) in [4.78, 5) is 38.2. The van der Waals surface area contributed by atoms with E-state index in [4.69, 9.17) is 14.2 Å². The Bertz CT molecular complexity index is 1890. The summed E-state index contributed by atoms with van der Waals surface area (Å²) in [6.07, 6.45) is 99.0. The summed E-state index contributed by atoms with van der Waals surface area (Å²) in [5, 5.41) is 0. The van der Waals surface area contributed by atoms with Gasteiger partial charge in [0.15, 0.2) is 6.10 Å². The SMILES string of the molecule is CC/C=C\C/C=C\C/C=C\C/C=C\C/C=C\C/C=C\C/C=C\C/C=C\C/C=C\CCCCCC(=O)OCC(COC(=O)CCCCCCC/C=C\CCCCCCC)OC(=O)CCC/C=C\C/C=C\C/C=C\C/C=C\C/C=C\CC. The van der Waals surface area contributed by atoms with Gasteiger partial charge in [-0.3, -0.25) is 14.4 Å². The van der Waals surface area contributed by atoms with Crippen LogP contribution in [-0.2, 0) is 28.6 Å². The molecule has 0 aliphatic rings. The first-order valence-electron chi connectivity index (χ1n) is 31.8. The molecule has 0 N–H and O–H groups in total. The molecule has 0 bridgehead atoms. The highest BCUT2D eigenvalue weighted by Gasteiger charge is 2.19. The van der Waals surface area contributed by atoms with Crippen LogP contribution in [0.5, 0.6) is 0 Å². The third-order valence-corrected chi connectivity index (χ3v) is 12.6. The first-order chi connectivity index (χ1) is 39.5. The molecular formula is C74H114O6. The number of hydrogen-bond donors (Lipinski definition) is 0. The van der Waals surface area contributed by atoms with Gasteiger partial charge in [0.1, 0.15) is 13.2 Å². The second-order valence-electron chi connectivity index (χ2n) is 20.2. The van der Waals surface area contributed by atoms with E-state index in [1.54, 1.807) is 0 Å². The van der Waals surface area contributed by atoms with Gasteiger partial charge in [-0.05, 0) is 154 Å². The van der Waals surface area contributed by atoms with Crippen LogP contribution < -0.4 is 0 Å². The molecule has 80 heavy (non-hydrogen) atoms. The van der Waals surface area contributed by atoms with Crippen LogP contribution in [0, 0.1) is 0 Å². The van der Waals surface area contributed by atoms with E-state index in [0.717, 1.165) is 154 Å². The number of unbranched alkanes of at least 4 members (excludes halogenated alkanes) is 14. The van der Waals surface area contributed by atoms with Gasteiger partial charge < -0.3 is 14.2 Å². The number of ether oxygens (including phenoxy) is 3. The minimum atomic E-state index is -0.836. The lowest BCUT2D eigenvalue weighted by atomic mass is 10.1. The number of rotatable bonds is 55. The molecular weight excluding hydrogens is 985 g/mol. The quantitative estimate of drug-likeness (QED) is 0.0261. The predicted molar refractivity (Wildman–Crippen MR) is 348 cm³/mol. The summed E-state index contributed by atoms with van der Waals surface area (Å²) in [5.74, 6) is -1.03. The average Bonchev–Trinajstić information content (AvgIpc) is 3.46. The fourth-order valence-electron chi connectivity index (χ4n) is 7.93. The molecule has 0 spiro atoms. The molecule has 0 saturated carbocycles. The largest absolute Gasteiger partial charge is 0.462 e. The Kier molecular flexibility index (Phi) is 61.5. The van der Waals surface area contributed by atoms with E-state index >= 15 is 0 Å². The minimum Gasteiger partial charge on any atom is -0.462 e. The molecule has 0 saturated heterocycles. The van der Waals surface area contributed by atoms with Crippen molar-refractivity contribution in [3.8, 4) is 0 Å². The van der Waals surface area contributed by atoms with Crippen LogP contribution in [0.1, 0.15) is 245 Å². The van der Waals surface area contributed by atoms with Gasteiger partial charge in [-0.15, -0.1) is 0 Å². The lowest BCUT2D eigenvalue weighted by molar-refractivity contribution is -0.167. The normalized spacial score (nSPS) is 13.4. The maximum atomic E-state index is 12.9. The van der Waals surface area contributed by atoms with Gasteiger partial charge in [0.05, 0.1) is 0 Å². The number of allylic oxidation sites excluding steroid dienone is 30. The summed E-state index contributed by atoms with van der Waals surface area (Å²) in [7, 11) is 0. The van der Waals surface area contributed by atoms with Gasteiger partial charge >= 0.3 is 17.9 Å². The van der Waals surface area contributed by atoms with Crippen molar-refractivity contribution in [2.45, 2.75) is 252 Å². The topological polar surface area (TPSA) is 78.9 Å². The molecule has 0 aliphatic heterocycles. The van der Waals surface area contributed by atoms with E-state index < -0.39 is 6.10 Å². The van der Waals surface area contributed by atoms with Crippen LogP contribution in [0.15, 0.2) is 182 Å². The third-order valence-electron chi connectivity index (χ3n) is 12.6. The van der Waals surface area contributed by atoms with Crippen LogP contribution in [-0.4, -0.2) is 37.2 Å². The standard InChI is InChI=1S/C74H114O6/c1-4-7-10-13-16-19-22-25-28-30-31-32-33-34-35-36-37-38-39-40-41-42-43-45-46-49-52-55-58-61-64-67-73(76)79-70-71(69-78-72(75)66-63-60-57-54-51-48-27-24-21-18-15-12-9-6-3)80-74(77)68-65-62-59-56-53-50-47-44-29-26-23-20-17-14-11-8-5-2/h7-8,10-11,16-17,19-20,24-29,31-32,34-35,37-38,40-41,43,45,47,49-50,52,56,59,71H,4-6,9,12-15,18,21-23,30,33,36,39,42,44,46,48,51,53-55,57-58,60-70H2,1-3H3/b10-7-,11-8-,19-16-,20-17-,27-24-,28-25-,29-26-,32-31-,35-34-,38-37-,41-40-,45-43-,50-47-,52-49-,59-56-. The number of carbonyl (C=O) groups excluding carboxylic acids is 3. The van der Waals surface area contributed by atoms with Crippen molar-refractivity contribution in [3.63, 3.8) is 0 Å². The fourth-order valence-corrected chi connectivity index (χ4v) is 7.93. The molecule has 0 fully saturated rings. The highest BCUT2D eigenvalue weighted by Crippen LogP contribution is 2.12. The average molecular weight is 1100 g/mol. The molecule has 0 aliphatic carbocycles. The smallest absolute Gasteiger partial charge is 0.306 e. The van der Waals surface area contributed by atoms with Crippen molar-refractivity contribution in [2.75, 3.05) is 13.2 Å². The zero-order chi connectivity index (χ0) is 57.8. The van der Waals surface area contributed by atoms with E-state index in [0.29, 0.717) is 19.3 Å². The molecule has 0 aromatic carbocycles. The molecule has 0 aromatic rings. The van der Waals surface area contributed by atoms with Crippen molar-refractivity contribution >= 4 is 17.9 Å². The van der Waals surface area contributed by atoms with E-state index in [-0.39, 0.29) is 37.5 Å². The van der Waals surface area contributed by atoms with Crippen LogP contribution >= 0.6 is 0 Å². The van der Waals surface area contributed by atoms with E-state index in [2.05, 4.69) is 203 Å². The number of hydrogen-bond acceptors (Lipinski definition) is 6. The maximum Gasteiger partial charge on any atom is 0.306 e. The molecule has 0 amide bonds. The first kappa shape index (κ1) is 74.5. The van der Waals surface area contributed by atoms with E-state index in [1.807, 2.05) is 0 Å².